The van der Waals surface area contributed by atoms with Crippen LogP contribution in [0.1, 0.15) is 189 Å². The first-order valence-electron chi connectivity index (χ1n) is 28.8. The second kappa shape index (κ2) is 19.7. The van der Waals surface area contributed by atoms with Gasteiger partial charge in [-0.1, -0.05) is 59.7 Å². The molecule has 6 fully saturated rings. The molecule has 1 saturated heterocycles. The van der Waals surface area contributed by atoms with Crippen molar-refractivity contribution < 1.29 is 28.7 Å². The first kappa shape index (κ1) is 53.3. The Bertz CT molecular complexity index is 2810. The Hall–Kier alpha value is -5.14. The number of imidazole rings is 2. The average Bonchev–Trinajstić information content (AvgIpc) is 4.22. The summed E-state index contributed by atoms with van der Waals surface area (Å²) in [6, 6.07) is 14.9. The fourth-order valence-electron chi connectivity index (χ4n) is 15.4. The van der Waals surface area contributed by atoms with E-state index in [0.29, 0.717) is 69.7 Å². The minimum atomic E-state index is -0.811. The molecule has 75 heavy (non-hydrogen) atoms. The molecule has 4 bridgehead atoms. The van der Waals surface area contributed by atoms with Crippen molar-refractivity contribution in [2.24, 2.45) is 39.4 Å². The predicted molar refractivity (Wildman–Crippen MR) is 293 cm³/mol. The van der Waals surface area contributed by atoms with E-state index in [4.69, 9.17) is 19.4 Å². The van der Waals surface area contributed by atoms with Crippen LogP contribution in [0.15, 0.2) is 42.5 Å². The van der Waals surface area contributed by atoms with E-state index in [2.05, 4.69) is 90.9 Å². The van der Waals surface area contributed by atoms with Crippen molar-refractivity contribution in [1.29, 1.82) is 0 Å². The zero-order chi connectivity index (χ0) is 53.5. The predicted octanol–water partition coefficient (Wildman–Crippen LogP) is 11.6. The Morgan fingerprint density at radius 1 is 0.667 bits per heavy atom. The van der Waals surface area contributed by atoms with Crippen LogP contribution in [0.5, 0.6) is 0 Å². The van der Waals surface area contributed by atoms with Crippen LogP contribution in [-0.4, -0.2) is 90.9 Å². The van der Waals surface area contributed by atoms with E-state index in [1.54, 1.807) is 0 Å². The van der Waals surface area contributed by atoms with Crippen molar-refractivity contribution >= 4 is 46.1 Å². The van der Waals surface area contributed by atoms with Crippen molar-refractivity contribution in [2.75, 3.05) is 19.6 Å². The van der Waals surface area contributed by atoms with Crippen LogP contribution in [0.2, 0.25) is 0 Å². The van der Waals surface area contributed by atoms with Gasteiger partial charge in [0.25, 0.3) is 0 Å². The van der Waals surface area contributed by atoms with Gasteiger partial charge in [-0.25, -0.2) is 19.6 Å². The molecule has 6 aliphatic rings. The van der Waals surface area contributed by atoms with E-state index in [1.165, 1.54) is 12.8 Å². The molecule has 2 aromatic carbocycles. The van der Waals surface area contributed by atoms with Gasteiger partial charge in [-0.15, -0.1) is 0 Å². The highest BCUT2D eigenvalue weighted by Gasteiger charge is 2.62. The monoisotopic (exact) mass is 1030 g/mol. The Labute approximate surface area is 446 Å². The fourth-order valence-corrected chi connectivity index (χ4v) is 15.4. The van der Waals surface area contributed by atoms with Crippen LogP contribution >= 0.6 is 0 Å². The highest BCUT2D eigenvalue weighted by molar-refractivity contribution is 5.80. The number of aromatic nitrogens is 4. The molecular weight excluding hydrogens is 941 g/mol. The minimum absolute atomic E-state index is 0.0105. The molecule has 10 rings (SSSR count). The molecule has 4 aromatic rings. The summed E-state index contributed by atoms with van der Waals surface area (Å²) in [5.74, 6) is 4.02. The van der Waals surface area contributed by atoms with E-state index >= 15 is 0 Å². The summed E-state index contributed by atoms with van der Waals surface area (Å²) in [4.78, 5) is 66.2. The number of carbonyl (C=O) groups is 4. The number of hydrogen-bond acceptors (Lipinski definition) is 8. The van der Waals surface area contributed by atoms with Gasteiger partial charge >= 0.3 is 12.2 Å². The zero-order valence-electron chi connectivity index (χ0n) is 47.2. The summed E-state index contributed by atoms with van der Waals surface area (Å²) in [5, 5.41) is 9.94. The number of amides is 4. The van der Waals surface area contributed by atoms with Crippen LogP contribution in [0.25, 0.3) is 22.1 Å². The molecule has 0 radical (unpaired) electrons. The molecule has 14 heteroatoms. The second-order valence-corrected chi connectivity index (χ2v) is 27.4. The average molecular weight is 1030 g/mol. The smallest absolute Gasteiger partial charge is 0.410 e. The van der Waals surface area contributed by atoms with Crippen LogP contribution < -0.4 is 16.0 Å². The number of alkyl carbamates (subject to hydrolysis) is 1. The standard InChI is InChI=1S/C61H88N8O6/c1-56(2,3)74-54(72)62-36-38-16-19-40(20-17-38)52-64-45-32-39(18-21-47(45)69(52)31-26-51(71)66-49-34-43-23-28-61(49,11)59(43,8)9)35-57(4,5)75-55(73)67-29-24-41(37-67)53-63-44-14-12-13-15-46(44)68(53)30-25-50(70)65-48-33-42-22-27-60(48,10)58(42,6)7/h12-15,18,21,32,38,40-43,48-49H,16-17,19-20,22-31,33-37H2,1-11H3,(H,62,72)(H,65,70)(H,66,71)/t38?,40?,41?,42?,43?,48?,49?,60-,61-/m0/s1. The Morgan fingerprint density at radius 2 is 1.23 bits per heavy atom. The maximum absolute atomic E-state index is 14.0. The van der Waals surface area contributed by atoms with Gasteiger partial charge < -0.3 is 39.5 Å². The summed E-state index contributed by atoms with van der Waals surface area (Å²) in [6.07, 6.45) is 12.0. The summed E-state index contributed by atoms with van der Waals surface area (Å²) in [6.45, 7) is 26.5. The third-order valence-corrected chi connectivity index (χ3v) is 20.9. The fraction of sp³-hybridized carbons (Fsp3) is 0.705. The number of aryl methyl sites for hydroxylation is 2. The molecule has 7 atom stereocenters. The second-order valence-electron chi connectivity index (χ2n) is 27.4. The normalized spacial score (nSPS) is 29.8. The number of likely N-dealkylation sites (tertiary alicyclic amines) is 1. The number of para-hydroxylation sites is 2. The lowest BCUT2D eigenvalue weighted by Gasteiger charge is -2.39. The number of rotatable bonds is 15. The lowest BCUT2D eigenvalue weighted by molar-refractivity contribution is -0.123. The third kappa shape index (κ3) is 10.2. The highest BCUT2D eigenvalue weighted by atomic mass is 16.6. The van der Waals surface area contributed by atoms with E-state index in [9.17, 15) is 19.2 Å². The molecule has 2 aromatic heterocycles. The SMILES string of the molecule is CC(C)(C)OC(=O)NCC1CCC(c2nc3cc(CC(C)(C)OC(=O)N4CCC(c5nc6ccccc6n5CCC(=O)NC5CC6CC[C@]5(C)C6(C)C)C4)ccc3n2CCC(=O)NC2CC3CC[C@]2(C)C3(C)C)CC1. The first-order chi connectivity index (χ1) is 35.3. The number of benzene rings is 2. The van der Waals surface area contributed by atoms with E-state index in [0.717, 1.165) is 97.1 Å². The highest BCUT2D eigenvalue weighted by Crippen LogP contribution is 2.66. The van der Waals surface area contributed by atoms with Gasteiger partial charge in [0.2, 0.25) is 11.8 Å². The van der Waals surface area contributed by atoms with E-state index in [1.807, 2.05) is 57.7 Å². The van der Waals surface area contributed by atoms with Crippen LogP contribution in [0.4, 0.5) is 9.59 Å². The minimum Gasteiger partial charge on any atom is -0.444 e. The first-order valence-corrected chi connectivity index (χ1v) is 28.8. The summed E-state index contributed by atoms with van der Waals surface area (Å²) in [7, 11) is 0. The molecular formula is C61H88N8O6. The van der Waals surface area contributed by atoms with Gasteiger partial charge in [0.05, 0.1) is 22.1 Å². The summed E-state index contributed by atoms with van der Waals surface area (Å²) in [5.41, 5.74) is 4.15. The Balaban J connectivity index is 0.788. The lowest BCUT2D eigenvalue weighted by atomic mass is 9.69. The van der Waals surface area contributed by atoms with Gasteiger partial charge in [-0.3, -0.25) is 9.59 Å². The summed E-state index contributed by atoms with van der Waals surface area (Å²) < 4.78 is 16.3. The summed E-state index contributed by atoms with van der Waals surface area (Å²) >= 11 is 0. The Kier molecular flexibility index (Phi) is 14.0. The van der Waals surface area contributed by atoms with Gasteiger partial charge in [0.15, 0.2) is 0 Å². The Morgan fingerprint density at radius 3 is 1.79 bits per heavy atom. The van der Waals surface area contributed by atoms with Crippen LogP contribution in [0, 0.1) is 39.4 Å². The van der Waals surface area contributed by atoms with E-state index in [-0.39, 0.29) is 69.6 Å². The van der Waals surface area contributed by atoms with Crippen molar-refractivity contribution in [3.8, 4) is 0 Å². The molecule has 1 aliphatic heterocycles. The van der Waals surface area contributed by atoms with Gasteiger partial charge in [0, 0.05) is 75.9 Å². The molecule has 4 amide bonds. The van der Waals surface area contributed by atoms with Crippen molar-refractivity contribution in [2.45, 2.75) is 214 Å². The third-order valence-electron chi connectivity index (χ3n) is 20.9. The molecule has 3 heterocycles. The number of carbonyl (C=O) groups excluding carboxylic acids is 4. The van der Waals surface area contributed by atoms with Gasteiger partial charge in [0.1, 0.15) is 22.9 Å². The quantitative estimate of drug-likeness (QED) is 0.106. The molecule has 0 spiro atoms. The number of fused-ring (bicyclic) bond motifs is 6. The van der Waals surface area contributed by atoms with Gasteiger partial charge in [-0.2, -0.15) is 0 Å². The maximum Gasteiger partial charge on any atom is 0.410 e. The number of nitrogens with one attached hydrogen (secondary N) is 3. The molecule has 14 nitrogen and oxygen atoms in total. The lowest BCUT2D eigenvalue weighted by Crippen LogP contribution is -2.47. The van der Waals surface area contributed by atoms with Crippen molar-refractivity contribution in [3.63, 3.8) is 0 Å². The van der Waals surface area contributed by atoms with Crippen molar-refractivity contribution in [1.82, 2.24) is 40.0 Å². The topological polar surface area (TPSA) is 162 Å². The van der Waals surface area contributed by atoms with E-state index < -0.39 is 11.2 Å². The zero-order valence-corrected chi connectivity index (χ0v) is 47.2. The van der Waals surface area contributed by atoms with Crippen LogP contribution in [-0.2, 0) is 38.6 Å². The number of nitrogens with zero attached hydrogens (tertiary/aromatic N) is 5. The maximum atomic E-state index is 14.0. The van der Waals surface area contributed by atoms with Crippen molar-refractivity contribution in [3.05, 3.63) is 59.7 Å². The largest absolute Gasteiger partial charge is 0.444 e. The van der Waals surface area contributed by atoms with Crippen LogP contribution in [0.3, 0.4) is 0 Å². The molecule has 5 saturated carbocycles. The molecule has 5 aliphatic carbocycles. The van der Waals surface area contributed by atoms with Gasteiger partial charge in [-0.05, 0) is 174 Å². The molecule has 408 valence electrons. The molecule has 5 unspecified atom stereocenters. The number of hydrogen-bond donors (Lipinski definition) is 3. The number of ether oxygens (including phenoxy) is 2. The molecule has 3 N–H and O–H groups in total.